The van der Waals surface area contributed by atoms with Crippen molar-refractivity contribution >= 4 is 10.8 Å². The lowest BCUT2D eigenvalue weighted by Crippen LogP contribution is -2.34. The Hall–Kier alpha value is -2.43. The Bertz CT molecular complexity index is 872. The Morgan fingerprint density at radius 1 is 0.889 bits per heavy atom. The second-order valence-corrected chi connectivity index (χ2v) is 3.89. The highest BCUT2D eigenvalue weighted by Crippen LogP contribution is 2.23. The summed E-state index contributed by atoms with van der Waals surface area (Å²) in [5.74, 6) is 0. The van der Waals surface area contributed by atoms with Gasteiger partial charge in [0.05, 0.1) is 0 Å². The first-order chi connectivity index (χ1) is 8.76. The van der Waals surface area contributed by atoms with Crippen LogP contribution in [0.5, 0.6) is 0 Å². The fourth-order valence-electron chi connectivity index (χ4n) is 2.08. The van der Waals surface area contributed by atoms with Gasteiger partial charge < -0.3 is 0 Å². The van der Waals surface area contributed by atoms with Crippen molar-refractivity contribution in [1.29, 1.82) is 0 Å². The fraction of sp³-hybridized carbons (Fsp3) is 0.154. The monoisotopic (exact) mass is 238 g/mol. The van der Waals surface area contributed by atoms with Gasteiger partial charge in [0, 0.05) is 24.9 Å². The van der Waals surface area contributed by atoms with E-state index in [1.54, 1.807) is 20.2 Å². The van der Waals surface area contributed by atoms with E-state index in [0.29, 0.717) is 27.7 Å². The summed E-state index contributed by atoms with van der Waals surface area (Å²) in [5.41, 5.74) is 1.73. The topological polar surface area (TPSA) is 67.6 Å². The second kappa shape index (κ2) is 3.80. The fourth-order valence-corrected chi connectivity index (χ4v) is 2.08. The van der Waals surface area contributed by atoms with Gasteiger partial charge in [-0.2, -0.15) is 0 Å². The molecule has 0 bridgehead atoms. The van der Waals surface area contributed by atoms with Crippen molar-refractivity contribution < 1.29 is 0 Å². The molecule has 1 aromatic carbocycles. The minimum atomic E-state index is -0.0966. The van der Waals surface area contributed by atoms with Gasteiger partial charge in [0.15, 0.2) is 11.0 Å². The van der Waals surface area contributed by atoms with E-state index in [9.17, 15) is 4.79 Å². The minimum Gasteiger partial charge on any atom is -0.287 e. The summed E-state index contributed by atoms with van der Waals surface area (Å²) in [6.07, 6.45) is 0. The van der Waals surface area contributed by atoms with Crippen LogP contribution in [0.4, 0.5) is 0 Å². The number of nitrogens with zero attached hydrogens (tertiary/aromatic N) is 4. The average molecular weight is 238 g/mol. The van der Waals surface area contributed by atoms with Gasteiger partial charge in [-0.1, -0.05) is 24.3 Å². The largest absolute Gasteiger partial charge is 0.287 e. The number of rotatable bonds is 0. The summed E-state index contributed by atoms with van der Waals surface area (Å²) < 4.78 is 0. The molecule has 1 aromatic rings. The molecule has 3 rings (SSSR count). The summed E-state index contributed by atoms with van der Waals surface area (Å²) in [6, 6.07) is 7.37. The lowest BCUT2D eigenvalue weighted by Gasteiger charge is -1.96. The first-order valence-corrected chi connectivity index (χ1v) is 5.52. The molecule has 0 saturated carbocycles. The van der Waals surface area contributed by atoms with Crippen molar-refractivity contribution in [2.75, 3.05) is 14.1 Å². The van der Waals surface area contributed by atoms with E-state index in [4.69, 9.17) is 0 Å². The summed E-state index contributed by atoms with van der Waals surface area (Å²) in [6.45, 7) is 0. The lowest BCUT2D eigenvalue weighted by atomic mass is 10.2. The molecule has 0 N–H and O–H groups in total. The van der Waals surface area contributed by atoms with E-state index in [2.05, 4.69) is 20.0 Å². The zero-order valence-corrected chi connectivity index (χ0v) is 10.0. The Kier molecular flexibility index (Phi) is 2.26. The molecule has 5 nitrogen and oxygen atoms in total. The molecule has 0 fully saturated rings. The van der Waals surface area contributed by atoms with Crippen LogP contribution in [0.2, 0.25) is 0 Å². The number of hydrogen-bond donors (Lipinski definition) is 0. The zero-order valence-electron chi connectivity index (χ0n) is 10.0. The molecule has 0 unspecified atom stereocenters. The smallest absolute Gasteiger partial charge is 0.214 e. The number of aromatic nitrogens is 2. The van der Waals surface area contributed by atoms with Crippen molar-refractivity contribution in [3.05, 3.63) is 45.5 Å². The SMILES string of the molecule is CN=c1nc2c(=O)c3ccccc3c-2nc1=NC. The van der Waals surface area contributed by atoms with Gasteiger partial charge in [0.1, 0.15) is 11.4 Å². The van der Waals surface area contributed by atoms with Gasteiger partial charge >= 0.3 is 0 Å². The van der Waals surface area contributed by atoms with Crippen LogP contribution in [-0.4, -0.2) is 24.1 Å². The number of fused-ring (bicyclic) bond motifs is 3. The van der Waals surface area contributed by atoms with Gasteiger partial charge in [0.2, 0.25) is 5.43 Å². The lowest BCUT2D eigenvalue weighted by molar-refractivity contribution is 0.966. The molecule has 0 radical (unpaired) electrons. The number of benzene rings is 1. The van der Waals surface area contributed by atoms with Crippen molar-refractivity contribution in [3.8, 4) is 11.4 Å². The quantitative estimate of drug-likeness (QED) is 0.555. The Morgan fingerprint density at radius 3 is 2.06 bits per heavy atom. The van der Waals surface area contributed by atoms with Gasteiger partial charge in [-0.15, -0.1) is 0 Å². The van der Waals surface area contributed by atoms with Crippen molar-refractivity contribution in [2.45, 2.75) is 0 Å². The molecule has 2 aliphatic rings. The molecule has 0 amide bonds. The van der Waals surface area contributed by atoms with Crippen LogP contribution in [0.1, 0.15) is 0 Å². The Labute approximate surface area is 102 Å². The molecule has 1 aliphatic heterocycles. The summed E-state index contributed by atoms with van der Waals surface area (Å²) in [4.78, 5) is 28.9. The molecule has 18 heavy (non-hydrogen) atoms. The summed E-state index contributed by atoms with van der Waals surface area (Å²) in [5, 5.41) is 1.46. The van der Waals surface area contributed by atoms with Crippen LogP contribution in [-0.2, 0) is 0 Å². The van der Waals surface area contributed by atoms with Gasteiger partial charge in [0.25, 0.3) is 0 Å². The predicted molar refractivity (Wildman–Crippen MR) is 67.8 cm³/mol. The highest BCUT2D eigenvalue weighted by Gasteiger charge is 2.19. The van der Waals surface area contributed by atoms with Gasteiger partial charge in [-0.25, -0.2) is 9.97 Å². The van der Waals surface area contributed by atoms with Crippen LogP contribution in [0.15, 0.2) is 39.0 Å². The molecule has 0 atom stereocenters. The van der Waals surface area contributed by atoms with E-state index in [1.807, 2.05) is 18.2 Å². The van der Waals surface area contributed by atoms with Crippen molar-refractivity contribution in [3.63, 3.8) is 0 Å². The zero-order chi connectivity index (χ0) is 12.7. The molecular weight excluding hydrogens is 228 g/mol. The van der Waals surface area contributed by atoms with E-state index >= 15 is 0 Å². The van der Waals surface area contributed by atoms with Crippen molar-refractivity contribution in [1.82, 2.24) is 9.97 Å². The summed E-state index contributed by atoms with van der Waals surface area (Å²) in [7, 11) is 3.24. The second-order valence-electron chi connectivity index (χ2n) is 3.89. The van der Waals surface area contributed by atoms with E-state index in [1.165, 1.54) is 0 Å². The maximum Gasteiger partial charge on any atom is 0.214 e. The molecule has 5 heteroatoms. The van der Waals surface area contributed by atoms with Gasteiger partial charge in [-0.3, -0.25) is 14.8 Å². The highest BCUT2D eigenvalue weighted by molar-refractivity contribution is 5.98. The number of hydrogen-bond acceptors (Lipinski definition) is 5. The standard InChI is InChI=1S/C13H10N4O/c1-14-12-13(15-2)17-10-9(16-12)7-5-3-4-6-8(7)11(10)18/h3-6H,1-2H3. The maximum absolute atomic E-state index is 12.2. The van der Waals surface area contributed by atoms with E-state index in [-0.39, 0.29) is 5.43 Å². The first kappa shape index (κ1) is 10.7. The third kappa shape index (κ3) is 1.30. The van der Waals surface area contributed by atoms with Crippen LogP contribution in [0, 0.1) is 0 Å². The third-order valence-corrected chi connectivity index (χ3v) is 2.93. The summed E-state index contributed by atoms with van der Waals surface area (Å²) >= 11 is 0. The average Bonchev–Trinajstić information content (AvgIpc) is 2.71. The van der Waals surface area contributed by atoms with Gasteiger partial charge in [-0.05, 0) is 0 Å². The van der Waals surface area contributed by atoms with Crippen LogP contribution >= 0.6 is 0 Å². The Morgan fingerprint density at radius 2 is 1.44 bits per heavy atom. The van der Waals surface area contributed by atoms with Crippen LogP contribution < -0.4 is 16.4 Å². The first-order valence-electron chi connectivity index (χ1n) is 5.52. The molecule has 0 spiro atoms. The van der Waals surface area contributed by atoms with E-state index in [0.717, 1.165) is 5.39 Å². The highest BCUT2D eigenvalue weighted by atomic mass is 16.1. The third-order valence-electron chi connectivity index (χ3n) is 2.93. The Balaban J connectivity index is 2.66. The predicted octanol–water partition coefficient (Wildman–Crippen LogP) is 0.0314. The molecule has 0 saturated heterocycles. The molecule has 1 aliphatic carbocycles. The van der Waals surface area contributed by atoms with Crippen LogP contribution in [0.25, 0.3) is 22.2 Å². The van der Waals surface area contributed by atoms with E-state index < -0.39 is 0 Å². The van der Waals surface area contributed by atoms with Crippen LogP contribution in [0.3, 0.4) is 0 Å². The molecule has 0 aromatic heterocycles. The maximum atomic E-state index is 12.2. The minimum absolute atomic E-state index is 0.0966. The molecular formula is C13H10N4O. The molecule has 1 heterocycles. The molecule has 88 valence electrons. The van der Waals surface area contributed by atoms with Crippen molar-refractivity contribution in [2.24, 2.45) is 9.98 Å². The normalized spacial score (nSPS) is 13.9.